The fourth-order valence-corrected chi connectivity index (χ4v) is 2.36. The number of benzene rings is 1. The Bertz CT molecular complexity index is 568. The Kier molecular flexibility index (Phi) is 8.92. The molecule has 0 aliphatic rings. The number of hydrogen-bond donors (Lipinski definition) is 3. The van der Waals surface area contributed by atoms with Gasteiger partial charge in [0.2, 0.25) is 11.8 Å². The van der Waals surface area contributed by atoms with Crippen molar-refractivity contribution in [3.63, 3.8) is 0 Å². The van der Waals surface area contributed by atoms with E-state index in [0.717, 1.165) is 5.56 Å². The van der Waals surface area contributed by atoms with Gasteiger partial charge in [-0.3, -0.25) is 9.59 Å². The molecule has 1 rings (SSSR count). The molecular weight excluding hydrogens is 314 g/mol. The van der Waals surface area contributed by atoms with Crippen molar-refractivity contribution in [1.82, 2.24) is 10.6 Å². The van der Waals surface area contributed by atoms with Crippen LogP contribution in [0.1, 0.15) is 39.7 Å². The van der Waals surface area contributed by atoms with Crippen molar-refractivity contribution in [3.8, 4) is 0 Å². The van der Waals surface area contributed by atoms with Gasteiger partial charge in [0.05, 0.1) is 6.04 Å². The summed E-state index contributed by atoms with van der Waals surface area (Å²) in [4.78, 5) is 24.2. The van der Waals surface area contributed by atoms with Crippen LogP contribution in [0.3, 0.4) is 0 Å². The monoisotopic (exact) mass is 345 g/mol. The van der Waals surface area contributed by atoms with E-state index in [9.17, 15) is 9.59 Å². The Labute approximate surface area is 151 Å². The molecule has 0 saturated heterocycles. The highest BCUT2D eigenvalue weighted by Crippen LogP contribution is 2.06. The van der Waals surface area contributed by atoms with Crippen molar-refractivity contribution in [3.05, 3.63) is 42.0 Å². The fourth-order valence-electron chi connectivity index (χ4n) is 2.36. The molecule has 0 spiro atoms. The molecule has 5 heteroatoms. The maximum atomic E-state index is 12.2. The summed E-state index contributed by atoms with van der Waals surface area (Å²) in [6.45, 7) is 8.45. The highest BCUT2D eigenvalue weighted by molar-refractivity contribution is 5.91. The predicted molar refractivity (Wildman–Crippen MR) is 103 cm³/mol. The van der Waals surface area contributed by atoms with Crippen molar-refractivity contribution in [2.45, 2.75) is 46.2 Å². The predicted octanol–water partition coefficient (Wildman–Crippen LogP) is 2.33. The van der Waals surface area contributed by atoms with E-state index < -0.39 is 6.04 Å². The molecule has 0 heterocycles. The average molecular weight is 345 g/mol. The molecule has 0 aliphatic carbocycles. The molecule has 2 amide bonds. The zero-order chi connectivity index (χ0) is 18.8. The molecule has 0 aliphatic heterocycles. The molecule has 0 radical (unpaired) electrons. The van der Waals surface area contributed by atoms with Crippen LogP contribution in [-0.2, 0) is 9.59 Å². The van der Waals surface area contributed by atoms with Crippen LogP contribution < -0.4 is 16.4 Å². The highest BCUT2D eigenvalue weighted by atomic mass is 16.2. The number of carbonyl (C=O) groups excluding carboxylic acids is 2. The second-order valence-electron chi connectivity index (χ2n) is 7.08. The maximum absolute atomic E-state index is 12.2. The van der Waals surface area contributed by atoms with Crippen LogP contribution in [-0.4, -0.2) is 30.4 Å². The van der Waals surface area contributed by atoms with E-state index in [-0.39, 0.29) is 23.8 Å². The van der Waals surface area contributed by atoms with Crippen LogP contribution in [0.2, 0.25) is 0 Å². The van der Waals surface area contributed by atoms with E-state index in [1.807, 2.05) is 58.0 Å². The summed E-state index contributed by atoms with van der Waals surface area (Å²) in [5.74, 6) is 0.200. The van der Waals surface area contributed by atoms with Crippen LogP contribution in [0, 0.1) is 11.8 Å². The largest absolute Gasteiger partial charge is 0.350 e. The Morgan fingerprint density at radius 1 is 1.12 bits per heavy atom. The zero-order valence-electron chi connectivity index (χ0n) is 15.7. The SMILES string of the molecule is CC(C)CC(N)C(=O)N[C@H](CNC(=O)C=Cc1ccccc1)C(C)C. The lowest BCUT2D eigenvalue weighted by Crippen LogP contribution is -2.51. The van der Waals surface area contributed by atoms with E-state index in [4.69, 9.17) is 5.73 Å². The van der Waals surface area contributed by atoms with Crippen LogP contribution in [0.15, 0.2) is 36.4 Å². The van der Waals surface area contributed by atoms with Gasteiger partial charge >= 0.3 is 0 Å². The van der Waals surface area contributed by atoms with Gasteiger partial charge in [-0.1, -0.05) is 58.0 Å². The van der Waals surface area contributed by atoms with E-state index in [2.05, 4.69) is 10.6 Å². The first-order valence-electron chi connectivity index (χ1n) is 8.86. The third kappa shape index (κ3) is 8.49. The van der Waals surface area contributed by atoms with Crippen molar-refractivity contribution < 1.29 is 9.59 Å². The molecular formula is C20H31N3O2. The summed E-state index contributed by atoms with van der Waals surface area (Å²) in [5.41, 5.74) is 6.89. The first-order valence-corrected chi connectivity index (χ1v) is 8.86. The Hall–Kier alpha value is -2.14. The molecule has 1 aromatic carbocycles. The summed E-state index contributed by atoms with van der Waals surface area (Å²) in [5, 5.41) is 5.79. The molecule has 0 aromatic heterocycles. The first-order chi connectivity index (χ1) is 11.8. The standard InChI is InChI=1S/C20H31N3O2/c1-14(2)12-17(21)20(25)23-18(15(3)4)13-22-19(24)11-10-16-8-6-5-7-9-16/h5-11,14-15,17-18H,12-13,21H2,1-4H3,(H,22,24)(H,23,25)/t17?,18-/m1/s1. The van der Waals surface area contributed by atoms with E-state index in [1.165, 1.54) is 6.08 Å². The van der Waals surface area contributed by atoms with Crippen molar-refractivity contribution >= 4 is 17.9 Å². The second kappa shape index (κ2) is 10.7. The van der Waals surface area contributed by atoms with Gasteiger partial charge in [-0.05, 0) is 29.9 Å². The van der Waals surface area contributed by atoms with Gasteiger partial charge in [-0.15, -0.1) is 0 Å². The number of amides is 2. The molecule has 5 nitrogen and oxygen atoms in total. The van der Waals surface area contributed by atoms with Crippen molar-refractivity contribution in [2.24, 2.45) is 17.6 Å². The summed E-state index contributed by atoms with van der Waals surface area (Å²) in [6.07, 6.45) is 3.90. The lowest BCUT2D eigenvalue weighted by atomic mass is 10.0. The first kappa shape index (κ1) is 20.9. The summed E-state index contributed by atoms with van der Waals surface area (Å²) >= 11 is 0. The minimum Gasteiger partial charge on any atom is -0.350 e. The second-order valence-corrected chi connectivity index (χ2v) is 7.08. The maximum Gasteiger partial charge on any atom is 0.244 e. The van der Waals surface area contributed by atoms with Gasteiger partial charge in [0.1, 0.15) is 0 Å². The Morgan fingerprint density at radius 3 is 2.32 bits per heavy atom. The van der Waals surface area contributed by atoms with E-state index in [1.54, 1.807) is 6.08 Å². The molecule has 1 aromatic rings. The minimum atomic E-state index is -0.519. The van der Waals surface area contributed by atoms with E-state index >= 15 is 0 Å². The molecule has 138 valence electrons. The fraction of sp³-hybridized carbons (Fsp3) is 0.500. The third-order valence-corrected chi connectivity index (χ3v) is 3.92. The molecule has 0 bridgehead atoms. The minimum absolute atomic E-state index is 0.153. The van der Waals surface area contributed by atoms with Crippen molar-refractivity contribution in [1.29, 1.82) is 0 Å². The third-order valence-electron chi connectivity index (χ3n) is 3.92. The van der Waals surface area contributed by atoms with Gasteiger partial charge < -0.3 is 16.4 Å². The molecule has 0 fully saturated rings. The molecule has 1 unspecified atom stereocenters. The van der Waals surface area contributed by atoms with Gasteiger partial charge in [-0.2, -0.15) is 0 Å². The molecule has 4 N–H and O–H groups in total. The number of rotatable bonds is 9. The van der Waals surface area contributed by atoms with E-state index in [0.29, 0.717) is 18.9 Å². The lowest BCUT2D eigenvalue weighted by Gasteiger charge is -2.24. The number of hydrogen-bond acceptors (Lipinski definition) is 3. The average Bonchev–Trinajstić information content (AvgIpc) is 2.56. The summed E-state index contributed by atoms with van der Waals surface area (Å²) in [7, 11) is 0. The van der Waals surface area contributed by atoms with Gasteiger partial charge in [0, 0.05) is 18.7 Å². The van der Waals surface area contributed by atoms with Gasteiger partial charge in [0.15, 0.2) is 0 Å². The topological polar surface area (TPSA) is 84.2 Å². The molecule has 25 heavy (non-hydrogen) atoms. The smallest absolute Gasteiger partial charge is 0.244 e. The lowest BCUT2D eigenvalue weighted by molar-refractivity contribution is -0.124. The quantitative estimate of drug-likeness (QED) is 0.601. The number of nitrogens with two attached hydrogens (primary N) is 1. The normalized spacial score (nSPS) is 13.9. The van der Waals surface area contributed by atoms with Gasteiger partial charge in [-0.25, -0.2) is 0 Å². The van der Waals surface area contributed by atoms with Gasteiger partial charge in [0.25, 0.3) is 0 Å². The Morgan fingerprint density at radius 2 is 1.76 bits per heavy atom. The number of nitrogens with one attached hydrogen (secondary N) is 2. The highest BCUT2D eigenvalue weighted by Gasteiger charge is 2.21. The number of carbonyl (C=O) groups is 2. The molecule has 0 saturated carbocycles. The summed E-state index contributed by atoms with van der Waals surface area (Å²) < 4.78 is 0. The zero-order valence-corrected chi connectivity index (χ0v) is 15.7. The molecule has 2 atom stereocenters. The van der Waals surface area contributed by atoms with Crippen molar-refractivity contribution in [2.75, 3.05) is 6.54 Å². The van der Waals surface area contributed by atoms with Crippen LogP contribution in [0.4, 0.5) is 0 Å². The Balaban J connectivity index is 2.51. The van der Waals surface area contributed by atoms with Crippen LogP contribution in [0.5, 0.6) is 0 Å². The summed E-state index contributed by atoms with van der Waals surface area (Å²) in [6, 6.07) is 8.95. The van der Waals surface area contributed by atoms with Crippen LogP contribution >= 0.6 is 0 Å². The van der Waals surface area contributed by atoms with Crippen LogP contribution in [0.25, 0.3) is 6.08 Å².